The van der Waals surface area contributed by atoms with Crippen LogP contribution in [-0.4, -0.2) is 28.7 Å². The maximum absolute atomic E-state index is 14.8. The molecule has 2 aromatic heterocycles. The molecule has 25 heavy (non-hydrogen) atoms. The molecule has 3 rings (SSSR count). The Balaban J connectivity index is 2.32. The molecule has 0 unspecified atom stereocenters. The lowest BCUT2D eigenvalue weighted by atomic mass is 10.1. The van der Waals surface area contributed by atoms with Crippen molar-refractivity contribution in [1.29, 1.82) is 0 Å². The van der Waals surface area contributed by atoms with Crippen LogP contribution in [0.4, 0.5) is 4.39 Å². The number of carbonyl (C=O) groups excluding carboxylic acids is 1. The fraction of sp³-hybridized carbons (Fsp3) is 0.176. The normalized spacial score (nSPS) is 11.0. The van der Waals surface area contributed by atoms with E-state index in [4.69, 9.17) is 4.74 Å². The monoisotopic (exact) mass is 425 g/mol. The highest BCUT2D eigenvalue weighted by molar-refractivity contribution is 9.11. The standard InChI is InChI=1S/C17H13BrFNO4S/c1-8-10(6-14(21)22)15-11(3-4-12(24-2)16(15)19)20(8)17(23)9-5-13(18)25-7-9/h3-5,7H,6H2,1-2H3,(H,21,22). The average Bonchev–Trinajstić information content (AvgIpc) is 3.10. The van der Waals surface area contributed by atoms with E-state index in [0.717, 1.165) is 3.79 Å². The fourth-order valence-corrected chi connectivity index (χ4v) is 3.99. The number of benzene rings is 1. The van der Waals surface area contributed by atoms with Gasteiger partial charge in [-0.05, 0) is 46.6 Å². The van der Waals surface area contributed by atoms with Crippen molar-refractivity contribution < 1.29 is 23.8 Å². The number of aliphatic carboxylic acids is 1. The van der Waals surface area contributed by atoms with Gasteiger partial charge in [0.25, 0.3) is 5.91 Å². The van der Waals surface area contributed by atoms with Gasteiger partial charge in [-0.3, -0.25) is 14.2 Å². The molecule has 0 saturated carbocycles. The predicted octanol–water partition coefficient (Wildman–Crippen LogP) is 4.24. The SMILES string of the molecule is COc1ccc2c(c1F)c(CC(=O)O)c(C)n2C(=O)c1csc(Br)c1. The van der Waals surface area contributed by atoms with Crippen LogP contribution in [0, 0.1) is 12.7 Å². The number of carbonyl (C=O) groups is 2. The summed E-state index contributed by atoms with van der Waals surface area (Å²) in [5.41, 5.74) is 1.42. The number of methoxy groups -OCH3 is 1. The van der Waals surface area contributed by atoms with Crippen molar-refractivity contribution in [2.45, 2.75) is 13.3 Å². The molecule has 0 amide bonds. The maximum Gasteiger partial charge on any atom is 0.307 e. The molecule has 8 heteroatoms. The smallest absolute Gasteiger partial charge is 0.307 e. The van der Waals surface area contributed by atoms with Gasteiger partial charge in [0, 0.05) is 16.5 Å². The highest BCUT2D eigenvalue weighted by atomic mass is 79.9. The molecule has 0 fully saturated rings. The lowest BCUT2D eigenvalue weighted by molar-refractivity contribution is -0.136. The van der Waals surface area contributed by atoms with E-state index in [1.54, 1.807) is 24.4 Å². The van der Waals surface area contributed by atoms with Crippen molar-refractivity contribution in [2.24, 2.45) is 0 Å². The van der Waals surface area contributed by atoms with E-state index in [2.05, 4.69) is 15.9 Å². The third-order valence-electron chi connectivity index (χ3n) is 3.96. The second-order valence-electron chi connectivity index (χ2n) is 5.39. The summed E-state index contributed by atoms with van der Waals surface area (Å²) in [6.45, 7) is 1.61. The van der Waals surface area contributed by atoms with Crippen molar-refractivity contribution in [3.8, 4) is 5.75 Å². The summed E-state index contributed by atoms with van der Waals surface area (Å²) in [5, 5.41) is 11.0. The van der Waals surface area contributed by atoms with Crippen LogP contribution in [0.15, 0.2) is 27.4 Å². The second-order valence-corrected chi connectivity index (χ2v) is 7.68. The molecule has 2 heterocycles. The largest absolute Gasteiger partial charge is 0.494 e. The van der Waals surface area contributed by atoms with Crippen LogP contribution in [0.2, 0.25) is 0 Å². The molecule has 130 valence electrons. The molecule has 0 aliphatic carbocycles. The number of aromatic nitrogens is 1. The van der Waals surface area contributed by atoms with Crippen LogP contribution < -0.4 is 4.74 Å². The summed E-state index contributed by atoms with van der Waals surface area (Å²) in [5.74, 6) is -2.11. The Morgan fingerprint density at radius 1 is 1.40 bits per heavy atom. The summed E-state index contributed by atoms with van der Waals surface area (Å²) in [6, 6.07) is 4.67. The minimum absolute atomic E-state index is 0.00187. The molecule has 0 saturated heterocycles. The fourth-order valence-electron chi connectivity index (χ4n) is 2.85. The summed E-state index contributed by atoms with van der Waals surface area (Å²) >= 11 is 4.67. The van der Waals surface area contributed by atoms with Crippen LogP contribution in [-0.2, 0) is 11.2 Å². The molecule has 3 aromatic rings. The Hall–Kier alpha value is -2.19. The minimum atomic E-state index is -1.10. The van der Waals surface area contributed by atoms with Crippen LogP contribution in [0.1, 0.15) is 21.6 Å². The van der Waals surface area contributed by atoms with E-state index in [1.807, 2.05) is 0 Å². The quantitative estimate of drug-likeness (QED) is 0.678. The molecular formula is C17H13BrFNO4S. The number of fused-ring (bicyclic) bond motifs is 1. The highest BCUT2D eigenvalue weighted by Crippen LogP contribution is 2.34. The summed E-state index contributed by atoms with van der Waals surface area (Å²) in [4.78, 5) is 24.1. The van der Waals surface area contributed by atoms with Crippen LogP contribution in [0.25, 0.3) is 10.9 Å². The zero-order chi connectivity index (χ0) is 18.3. The molecule has 0 aliphatic rings. The van der Waals surface area contributed by atoms with E-state index < -0.39 is 11.8 Å². The summed E-state index contributed by atoms with van der Waals surface area (Å²) < 4.78 is 21.9. The van der Waals surface area contributed by atoms with Gasteiger partial charge in [-0.2, -0.15) is 0 Å². The van der Waals surface area contributed by atoms with Crippen molar-refractivity contribution in [3.05, 3.63) is 50.0 Å². The first-order valence-corrected chi connectivity index (χ1v) is 8.89. The number of thiophene rings is 1. The van der Waals surface area contributed by atoms with Crippen molar-refractivity contribution in [1.82, 2.24) is 4.57 Å². The van der Waals surface area contributed by atoms with Crippen LogP contribution >= 0.6 is 27.3 Å². The lowest BCUT2D eigenvalue weighted by Crippen LogP contribution is -2.13. The zero-order valence-electron chi connectivity index (χ0n) is 13.3. The van der Waals surface area contributed by atoms with Gasteiger partial charge in [0.1, 0.15) is 0 Å². The number of carboxylic acids is 1. The second kappa shape index (κ2) is 6.61. The van der Waals surface area contributed by atoms with E-state index in [0.29, 0.717) is 16.8 Å². The first kappa shape index (κ1) is 17.6. The van der Waals surface area contributed by atoms with Crippen molar-refractivity contribution in [3.63, 3.8) is 0 Å². The van der Waals surface area contributed by atoms with E-state index in [1.165, 1.54) is 29.1 Å². The third-order valence-corrected chi connectivity index (χ3v) is 5.47. The topological polar surface area (TPSA) is 68.5 Å². The summed E-state index contributed by atoms with van der Waals surface area (Å²) in [6.07, 6.45) is -0.389. The van der Waals surface area contributed by atoms with Gasteiger partial charge in [0.05, 0.1) is 28.4 Å². The van der Waals surface area contributed by atoms with Gasteiger partial charge >= 0.3 is 5.97 Å². The summed E-state index contributed by atoms with van der Waals surface area (Å²) in [7, 11) is 1.33. The Morgan fingerprint density at radius 3 is 2.68 bits per heavy atom. The predicted molar refractivity (Wildman–Crippen MR) is 96.3 cm³/mol. The molecule has 0 aliphatic heterocycles. The van der Waals surface area contributed by atoms with Gasteiger partial charge in [0.2, 0.25) is 0 Å². The van der Waals surface area contributed by atoms with Crippen LogP contribution in [0.3, 0.4) is 0 Å². The number of halogens is 2. The lowest BCUT2D eigenvalue weighted by Gasteiger charge is -2.06. The highest BCUT2D eigenvalue weighted by Gasteiger charge is 2.25. The Labute approximate surface area is 154 Å². The van der Waals surface area contributed by atoms with E-state index in [9.17, 15) is 19.1 Å². The molecule has 0 spiro atoms. The first-order chi connectivity index (χ1) is 11.8. The van der Waals surface area contributed by atoms with Gasteiger partial charge in [-0.15, -0.1) is 11.3 Å². The number of carboxylic acid groups (broad SMARTS) is 1. The van der Waals surface area contributed by atoms with Gasteiger partial charge < -0.3 is 9.84 Å². The number of rotatable bonds is 4. The van der Waals surface area contributed by atoms with Gasteiger partial charge in [-0.1, -0.05) is 0 Å². The Kier molecular flexibility index (Phi) is 4.66. The van der Waals surface area contributed by atoms with E-state index >= 15 is 0 Å². The molecule has 0 bridgehead atoms. The zero-order valence-corrected chi connectivity index (χ0v) is 15.7. The van der Waals surface area contributed by atoms with Gasteiger partial charge in [-0.25, -0.2) is 4.39 Å². The number of hydrogen-bond acceptors (Lipinski definition) is 4. The number of nitrogens with zero attached hydrogens (tertiary/aromatic N) is 1. The maximum atomic E-state index is 14.8. The molecule has 0 atom stereocenters. The first-order valence-electron chi connectivity index (χ1n) is 7.22. The third kappa shape index (κ3) is 2.96. The molecular weight excluding hydrogens is 413 g/mol. The van der Waals surface area contributed by atoms with E-state index in [-0.39, 0.29) is 29.0 Å². The number of hydrogen-bond donors (Lipinski definition) is 1. The molecule has 1 N–H and O–H groups in total. The minimum Gasteiger partial charge on any atom is -0.494 e. The average molecular weight is 426 g/mol. The van der Waals surface area contributed by atoms with Crippen LogP contribution in [0.5, 0.6) is 5.75 Å². The Morgan fingerprint density at radius 2 is 2.12 bits per heavy atom. The molecule has 0 radical (unpaired) electrons. The Bertz CT molecular complexity index is 1010. The molecule has 5 nitrogen and oxygen atoms in total. The van der Waals surface area contributed by atoms with Crippen molar-refractivity contribution >= 4 is 50.0 Å². The molecule has 1 aromatic carbocycles. The number of ether oxygens (including phenoxy) is 1. The van der Waals surface area contributed by atoms with Gasteiger partial charge in [0.15, 0.2) is 11.6 Å². The van der Waals surface area contributed by atoms with Crippen molar-refractivity contribution in [2.75, 3.05) is 7.11 Å².